The molecule has 1 aromatic carbocycles. The van der Waals surface area contributed by atoms with Gasteiger partial charge in [-0.05, 0) is 19.2 Å². The third-order valence-electron chi connectivity index (χ3n) is 4.44. The van der Waals surface area contributed by atoms with Crippen LogP contribution in [0.2, 0.25) is 0 Å². The molecule has 1 fully saturated rings. The molecule has 0 radical (unpaired) electrons. The van der Waals surface area contributed by atoms with Crippen LogP contribution in [-0.4, -0.2) is 73.0 Å². The molecule has 0 aliphatic carbocycles. The minimum absolute atomic E-state index is 0.163. The molecular formula is C19H24N6O2. The highest BCUT2D eigenvalue weighted by Gasteiger charge is 2.17. The minimum Gasteiger partial charge on any atom is -0.354 e. The Morgan fingerprint density at radius 3 is 2.33 bits per heavy atom. The van der Waals surface area contributed by atoms with Gasteiger partial charge in [-0.25, -0.2) is 9.97 Å². The predicted molar refractivity (Wildman–Crippen MR) is 103 cm³/mol. The lowest BCUT2D eigenvalue weighted by Gasteiger charge is -2.33. The molecule has 1 saturated heterocycles. The van der Waals surface area contributed by atoms with Gasteiger partial charge in [0.05, 0.1) is 0 Å². The molecule has 2 aromatic rings. The standard InChI is InChI=1S/C19H24N6O2/c1-24-9-11-25(12-10-24)17-13-16(22-14-23-17)19(27)21-8-7-20-18(26)15-5-3-2-4-6-15/h2-6,13-14H,7-12H2,1H3,(H,20,26)(H,21,27). The molecule has 2 heterocycles. The molecule has 1 aliphatic heterocycles. The number of anilines is 1. The summed E-state index contributed by atoms with van der Waals surface area (Å²) >= 11 is 0. The number of nitrogens with one attached hydrogen (secondary N) is 2. The molecule has 27 heavy (non-hydrogen) atoms. The van der Waals surface area contributed by atoms with Gasteiger partial charge in [-0.2, -0.15) is 0 Å². The summed E-state index contributed by atoms with van der Waals surface area (Å²) in [5.41, 5.74) is 0.921. The highest BCUT2D eigenvalue weighted by atomic mass is 16.2. The van der Waals surface area contributed by atoms with Crippen molar-refractivity contribution in [3.05, 3.63) is 54.0 Å². The topological polar surface area (TPSA) is 90.5 Å². The number of likely N-dealkylation sites (N-methyl/N-ethyl adjacent to an activating group) is 1. The second kappa shape index (κ2) is 9.09. The second-order valence-electron chi connectivity index (χ2n) is 6.43. The number of carbonyl (C=O) groups excluding carboxylic acids is 2. The van der Waals surface area contributed by atoms with Crippen molar-refractivity contribution in [2.75, 3.05) is 51.2 Å². The van der Waals surface area contributed by atoms with Gasteiger partial charge in [0.1, 0.15) is 17.8 Å². The van der Waals surface area contributed by atoms with Crippen LogP contribution in [0.5, 0.6) is 0 Å². The number of benzene rings is 1. The normalized spacial score (nSPS) is 14.6. The van der Waals surface area contributed by atoms with Crippen LogP contribution in [0.25, 0.3) is 0 Å². The lowest BCUT2D eigenvalue weighted by molar-refractivity contribution is 0.0925. The van der Waals surface area contributed by atoms with Gasteiger partial charge in [0.15, 0.2) is 0 Å². The fourth-order valence-corrected chi connectivity index (χ4v) is 2.81. The highest BCUT2D eigenvalue weighted by Crippen LogP contribution is 2.13. The summed E-state index contributed by atoms with van der Waals surface area (Å²) in [4.78, 5) is 37.0. The van der Waals surface area contributed by atoms with Crippen molar-refractivity contribution in [2.45, 2.75) is 0 Å². The summed E-state index contributed by atoms with van der Waals surface area (Å²) in [5, 5.41) is 5.55. The van der Waals surface area contributed by atoms with Gasteiger partial charge in [-0.3, -0.25) is 9.59 Å². The van der Waals surface area contributed by atoms with Crippen LogP contribution >= 0.6 is 0 Å². The van der Waals surface area contributed by atoms with Gasteiger partial charge >= 0.3 is 0 Å². The van der Waals surface area contributed by atoms with Crippen LogP contribution < -0.4 is 15.5 Å². The van der Waals surface area contributed by atoms with Gasteiger partial charge in [-0.1, -0.05) is 18.2 Å². The van der Waals surface area contributed by atoms with Gasteiger partial charge < -0.3 is 20.4 Å². The summed E-state index contributed by atoms with van der Waals surface area (Å²) in [6.07, 6.45) is 1.42. The zero-order chi connectivity index (χ0) is 19.1. The molecule has 8 heteroatoms. The Balaban J connectivity index is 1.47. The summed E-state index contributed by atoms with van der Waals surface area (Å²) in [5.74, 6) is 0.326. The third kappa shape index (κ3) is 5.24. The monoisotopic (exact) mass is 368 g/mol. The Hall–Kier alpha value is -3.00. The predicted octanol–water partition coefficient (Wildman–Crippen LogP) is 0.388. The molecule has 0 atom stereocenters. The van der Waals surface area contributed by atoms with E-state index in [0.29, 0.717) is 24.3 Å². The number of amides is 2. The quantitative estimate of drug-likeness (QED) is 0.717. The number of hydrogen-bond acceptors (Lipinski definition) is 6. The number of nitrogens with zero attached hydrogens (tertiary/aromatic N) is 4. The minimum atomic E-state index is -0.276. The highest BCUT2D eigenvalue weighted by molar-refractivity contribution is 5.94. The van der Waals surface area contributed by atoms with E-state index in [0.717, 1.165) is 32.0 Å². The molecule has 1 aromatic heterocycles. The SMILES string of the molecule is CN1CCN(c2cc(C(=O)NCCNC(=O)c3ccccc3)ncn2)CC1. The molecule has 2 N–H and O–H groups in total. The smallest absolute Gasteiger partial charge is 0.270 e. The molecule has 1 aliphatic rings. The van der Waals surface area contributed by atoms with Gasteiger partial charge in [0, 0.05) is 50.9 Å². The van der Waals surface area contributed by atoms with E-state index in [4.69, 9.17) is 0 Å². The molecule has 2 amide bonds. The fourth-order valence-electron chi connectivity index (χ4n) is 2.81. The molecule has 0 saturated carbocycles. The average molecular weight is 368 g/mol. The largest absolute Gasteiger partial charge is 0.354 e. The van der Waals surface area contributed by atoms with Crippen LogP contribution in [0.4, 0.5) is 5.82 Å². The summed E-state index contributed by atoms with van der Waals surface area (Å²) in [6, 6.07) is 10.7. The summed E-state index contributed by atoms with van der Waals surface area (Å²) in [6.45, 7) is 4.35. The maximum Gasteiger partial charge on any atom is 0.270 e. The van der Waals surface area contributed by atoms with Crippen molar-refractivity contribution in [2.24, 2.45) is 0 Å². The van der Waals surface area contributed by atoms with E-state index in [1.807, 2.05) is 18.2 Å². The van der Waals surface area contributed by atoms with E-state index in [2.05, 4.69) is 37.4 Å². The molecule has 142 valence electrons. The lowest BCUT2D eigenvalue weighted by atomic mass is 10.2. The van der Waals surface area contributed by atoms with E-state index < -0.39 is 0 Å². The van der Waals surface area contributed by atoms with Gasteiger partial charge in [-0.15, -0.1) is 0 Å². The molecular weight excluding hydrogens is 344 g/mol. The van der Waals surface area contributed by atoms with Gasteiger partial charge in [0.2, 0.25) is 0 Å². The second-order valence-corrected chi connectivity index (χ2v) is 6.43. The van der Waals surface area contributed by atoms with Crippen LogP contribution in [-0.2, 0) is 0 Å². The van der Waals surface area contributed by atoms with E-state index >= 15 is 0 Å². The fraction of sp³-hybridized carbons (Fsp3) is 0.368. The Morgan fingerprint density at radius 2 is 1.63 bits per heavy atom. The molecule has 0 bridgehead atoms. The average Bonchev–Trinajstić information content (AvgIpc) is 2.72. The summed E-state index contributed by atoms with van der Waals surface area (Å²) < 4.78 is 0. The first-order chi connectivity index (χ1) is 13.1. The number of aromatic nitrogens is 2. The van der Waals surface area contributed by atoms with E-state index in [9.17, 15) is 9.59 Å². The Bertz CT molecular complexity index is 775. The van der Waals surface area contributed by atoms with Crippen molar-refractivity contribution in [1.29, 1.82) is 0 Å². The van der Waals surface area contributed by atoms with E-state index in [1.54, 1.807) is 18.2 Å². The van der Waals surface area contributed by atoms with Crippen LogP contribution in [0.1, 0.15) is 20.8 Å². The van der Waals surface area contributed by atoms with Crippen LogP contribution in [0.15, 0.2) is 42.7 Å². The van der Waals surface area contributed by atoms with Crippen molar-refractivity contribution in [3.63, 3.8) is 0 Å². The zero-order valence-electron chi connectivity index (χ0n) is 15.4. The van der Waals surface area contributed by atoms with E-state index in [-0.39, 0.29) is 11.8 Å². The number of carbonyl (C=O) groups is 2. The van der Waals surface area contributed by atoms with E-state index in [1.165, 1.54) is 6.33 Å². The first-order valence-corrected chi connectivity index (χ1v) is 9.00. The Labute approximate surface area is 158 Å². The van der Waals surface area contributed by atoms with Crippen molar-refractivity contribution < 1.29 is 9.59 Å². The van der Waals surface area contributed by atoms with Crippen molar-refractivity contribution in [3.8, 4) is 0 Å². The number of hydrogen-bond donors (Lipinski definition) is 2. The first-order valence-electron chi connectivity index (χ1n) is 9.00. The number of piperazine rings is 1. The lowest BCUT2D eigenvalue weighted by Crippen LogP contribution is -2.45. The third-order valence-corrected chi connectivity index (χ3v) is 4.44. The maximum absolute atomic E-state index is 12.3. The molecule has 0 unspecified atom stereocenters. The van der Waals surface area contributed by atoms with Crippen LogP contribution in [0.3, 0.4) is 0 Å². The zero-order valence-corrected chi connectivity index (χ0v) is 15.4. The molecule has 3 rings (SSSR count). The Morgan fingerprint density at radius 1 is 0.963 bits per heavy atom. The number of rotatable bonds is 6. The van der Waals surface area contributed by atoms with Crippen molar-refractivity contribution >= 4 is 17.6 Å². The van der Waals surface area contributed by atoms with Crippen LogP contribution in [0, 0.1) is 0 Å². The first kappa shape index (κ1) is 18.8. The molecule has 8 nitrogen and oxygen atoms in total. The summed E-state index contributed by atoms with van der Waals surface area (Å²) in [7, 11) is 2.09. The molecule has 0 spiro atoms. The Kier molecular flexibility index (Phi) is 6.32. The van der Waals surface area contributed by atoms with Gasteiger partial charge in [0.25, 0.3) is 11.8 Å². The maximum atomic E-state index is 12.3. The van der Waals surface area contributed by atoms with Crippen molar-refractivity contribution in [1.82, 2.24) is 25.5 Å².